The maximum absolute atomic E-state index is 3.39. The molecule has 0 aromatic carbocycles. The predicted octanol–water partition coefficient (Wildman–Crippen LogP) is 2.35. The quantitative estimate of drug-likeness (QED) is 0.680. The Morgan fingerprint density at radius 3 is 2.47 bits per heavy atom. The van der Waals surface area contributed by atoms with Crippen LogP contribution >= 0.6 is 0 Å². The molecule has 0 spiro atoms. The number of likely N-dealkylation sites (tertiary alicyclic amines) is 1. The Hall–Kier alpha value is -0.0800. The first-order chi connectivity index (χ1) is 7.24. The van der Waals surface area contributed by atoms with Crippen molar-refractivity contribution in [1.82, 2.24) is 10.2 Å². The largest absolute Gasteiger partial charge is 0.317 e. The van der Waals surface area contributed by atoms with Crippen LogP contribution in [-0.2, 0) is 0 Å². The summed E-state index contributed by atoms with van der Waals surface area (Å²) < 4.78 is 0. The van der Waals surface area contributed by atoms with E-state index in [1.54, 1.807) is 0 Å². The monoisotopic (exact) mass is 212 g/mol. The van der Waals surface area contributed by atoms with Crippen LogP contribution in [0.5, 0.6) is 0 Å². The molecule has 0 unspecified atom stereocenters. The van der Waals surface area contributed by atoms with E-state index in [-0.39, 0.29) is 0 Å². The summed E-state index contributed by atoms with van der Waals surface area (Å²) in [7, 11) is 0. The van der Waals surface area contributed by atoms with Gasteiger partial charge in [-0.15, -0.1) is 0 Å². The SMILES string of the molecule is CCNCCCN1CCC(C(C)C)CC1. The van der Waals surface area contributed by atoms with Crippen LogP contribution in [0.4, 0.5) is 0 Å². The summed E-state index contributed by atoms with van der Waals surface area (Å²) in [6, 6.07) is 0. The first-order valence-electron chi connectivity index (χ1n) is 6.67. The van der Waals surface area contributed by atoms with E-state index in [0.717, 1.165) is 18.4 Å². The lowest BCUT2D eigenvalue weighted by atomic mass is 9.87. The molecule has 1 aliphatic rings. The molecule has 1 N–H and O–H groups in total. The van der Waals surface area contributed by atoms with Crippen molar-refractivity contribution in [3.05, 3.63) is 0 Å². The van der Waals surface area contributed by atoms with E-state index in [1.165, 1.54) is 45.4 Å². The predicted molar refractivity (Wildman–Crippen MR) is 67.2 cm³/mol. The van der Waals surface area contributed by atoms with Crippen LogP contribution in [0.15, 0.2) is 0 Å². The van der Waals surface area contributed by atoms with Gasteiger partial charge in [-0.2, -0.15) is 0 Å². The minimum Gasteiger partial charge on any atom is -0.317 e. The lowest BCUT2D eigenvalue weighted by Gasteiger charge is -2.33. The molecule has 1 rings (SSSR count). The highest BCUT2D eigenvalue weighted by molar-refractivity contribution is 4.74. The van der Waals surface area contributed by atoms with Crippen LogP contribution in [0, 0.1) is 11.8 Å². The van der Waals surface area contributed by atoms with E-state index in [0.29, 0.717) is 0 Å². The van der Waals surface area contributed by atoms with Crippen molar-refractivity contribution in [1.29, 1.82) is 0 Å². The summed E-state index contributed by atoms with van der Waals surface area (Å²) in [5.41, 5.74) is 0. The van der Waals surface area contributed by atoms with Crippen molar-refractivity contribution in [2.45, 2.75) is 40.0 Å². The van der Waals surface area contributed by atoms with Crippen molar-refractivity contribution in [3.63, 3.8) is 0 Å². The molecule has 0 bridgehead atoms. The smallest absolute Gasteiger partial charge is 0.000664 e. The number of rotatable bonds is 6. The Bertz CT molecular complexity index is 149. The second kappa shape index (κ2) is 7.24. The highest BCUT2D eigenvalue weighted by atomic mass is 15.1. The summed E-state index contributed by atoms with van der Waals surface area (Å²) in [4.78, 5) is 2.64. The van der Waals surface area contributed by atoms with Gasteiger partial charge >= 0.3 is 0 Å². The standard InChI is InChI=1S/C13H28N2/c1-4-14-8-5-9-15-10-6-13(7-11-15)12(2)3/h12-14H,4-11H2,1-3H3. The summed E-state index contributed by atoms with van der Waals surface area (Å²) in [6.07, 6.45) is 4.14. The van der Waals surface area contributed by atoms with Crippen molar-refractivity contribution in [3.8, 4) is 0 Å². The molecule has 0 amide bonds. The minimum absolute atomic E-state index is 0.883. The summed E-state index contributed by atoms with van der Waals surface area (Å²) >= 11 is 0. The minimum atomic E-state index is 0.883. The Balaban J connectivity index is 2.04. The molecule has 0 aliphatic carbocycles. The van der Waals surface area contributed by atoms with Gasteiger partial charge in [0.2, 0.25) is 0 Å². The first kappa shape index (κ1) is 13.0. The van der Waals surface area contributed by atoms with Gasteiger partial charge in [-0.05, 0) is 63.8 Å². The molecular formula is C13H28N2. The zero-order valence-electron chi connectivity index (χ0n) is 10.8. The maximum Gasteiger partial charge on any atom is -0.000664 e. The summed E-state index contributed by atoms with van der Waals surface area (Å²) in [6.45, 7) is 13.1. The average Bonchev–Trinajstić information content (AvgIpc) is 2.25. The summed E-state index contributed by atoms with van der Waals surface area (Å²) in [5.74, 6) is 1.86. The topological polar surface area (TPSA) is 15.3 Å². The fourth-order valence-corrected chi connectivity index (χ4v) is 2.45. The van der Waals surface area contributed by atoms with Gasteiger partial charge in [0, 0.05) is 0 Å². The fraction of sp³-hybridized carbons (Fsp3) is 1.00. The van der Waals surface area contributed by atoms with Crippen molar-refractivity contribution in [2.75, 3.05) is 32.7 Å². The molecule has 2 heteroatoms. The van der Waals surface area contributed by atoms with Gasteiger partial charge in [0.15, 0.2) is 0 Å². The maximum atomic E-state index is 3.39. The number of nitrogens with one attached hydrogen (secondary N) is 1. The lowest BCUT2D eigenvalue weighted by molar-refractivity contribution is 0.156. The Labute approximate surface area is 95.4 Å². The number of nitrogens with zero attached hydrogens (tertiary/aromatic N) is 1. The number of hydrogen-bond donors (Lipinski definition) is 1. The van der Waals surface area contributed by atoms with Gasteiger partial charge in [-0.3, -0.25) is 0 Å². The first-order valence-corrected chi connectivity index (χ1v) is 6.67. The molecule has 0 radical (unpaired) electrons. The van der Waals surface area contributed by atoms with Gasteiger partial charge < -0.3 is 10.2 Å². The van der Waals surface area contributed by atoms with Gasteiger partial charge in [0.05, 0.1) is 0 Å². The van der Waals surface area contributed by atoms with Crippen LogP contribution in [0.25, 0.3) is 0 Å². The zero-order valence-corrected chi connectivity index (χ0v) is 10.8. The van der Waals surface area contributed by atoms with Crippen molar-refractivity contribution in [2.24, 2.45) is 11.8 Å². The van der Waals surface area contributed by atoms with Crippen LogP contribution in [0.2, 0.25) is 0 Å². The third kappa shape index (κ3) is 4.98. The van der Waals surface area contributed by atoms with Crippen molar-refractivity contribution >= 4 is 0 Å². The lowest BCUT2D eigenvalue weighted by Crippen LogP contribution is -2.36. The fourth-order valence-electron chi connectivity index (χ4n) is 2.45. The Morgan fingerprint density at radius 2 is 1.93 bits per heavy atom. The van der Waals surface area contributed by atoms with Crippen LogP contribution in [-0.4, -0.2) is 37.6 Å². The zero-order chi connectivity index (χ0) is 11.1. The number of hydrogen-bond acceptors (Lipinski definition) is 2. The van der Waals surface area contributed by atoms with Gasteiger partial charge in [0.1, 0.15) is 0 Å². The highest BCUT2D eigenvalue weighted by Gasteiger charge is 2.20. The molecular weight excluding hydrogens is 184 g/mol. The van der Waals surface area contributed by atoms with E-state index >= 15 is 0 Å². The highest BCUT2D eigenvalue weighted by Crippen LogP contribution is 2.24. The van der Waals surface area contributed by atoms with Crippen LogP contribution in [0.1, 0.15) is 40.0 Å². The normalized spacial score (nSPS) is 20.0. The molecule has 0 atom stereocenters. The molecule has 2 nitrogen and oxygen atoms in total. The van der Waals surface area contributed by atoms with Gasteiger partial charge in [-0.1, -0.05) is 20.8 Å². The Kier molecular flexibility index (Phi) is 6.26. The molecule has 0 aromatic rings. The molecule has 90 valence electrons. The second-order valence-electron chi connectivity index (χ2n) is 5.13. The summed E-state index contributed by atoms with van der Waals surface area (Å²) in [5, 5.41) is 3.39. The van der Waals surface area contributed by atoms with Crippen LogP contribution in [0.3, 0.4) is 0 Å². The van der Waals surface area contributed by atoms with E-state index in [1.807, 2.05) is 0 Å². The Morgan fingerprint density at radius 1 is 1.27 bits per heavy atom. The van der Waals surface area contributed by atoms with Gasteiger partial charge in [-0.25, -0.2) is 0 Å². The van der Waals surface area contributed by atoms with E-state index in [9.17, 15) is 0 Å². The van der Waals surface area contributed by atoms with Gasteiger partial charge in [0.25, 0.3) is 0 Å². The van der Waals surface area contributed by atoms with E-state index in [4.69, 9.17) is 0 Å². The molecule has 1 aliphatic heterocycles. The molecule has 0 saturated carbocycles. The van der Waals surface area contributed by atoms with Crippen molar-refractivity contribution < 1.29 is 0 Å². The molecule has 1 fully saturated rings. The number of piperidine rings is 1. The van der Waals surface area contributed by atoms with E-state index in [2.05, 4.69) is 31.0 Å². The molecule has 1 saturated heterocycles. The molecule has 1 heterocycles. The van der Waals surface area contributed by atoms with E-state index < -0.39 is 0 Å². The third-order valence-corrected chi connectivity index (χ3v) is 3.65. The third-order valence-electron chi connectivity index (χ3n) is 3.65. The van der Waals surface area contributed by atoms with Crippen LogP contribution < -0.4 is 5.32 Å². The average molecular weight is 212 g/mol. The second-order valence-corrected chi connectivity index (χ2v) is 5.13. The molecule has 15 heavy (non-hydrogen) atoms. The molecule has 0 aromatic heterocycles.